The van der Waals surface area contributed by atoms with Crippen molar-refractivity contribution >= 4 is 34.6 Å². The summed E-state index contributed by atoms with van der Waals surface area (Å²) in [4.78, 5) is 16.2. The number of methoxy groups -OCH3 is 1. The Balaban J connectivity index is 1.65. The summed E-state index contributed by atoms with van der Waals surface area (Å²) in [6.07, 6.45) is 5.33. The molecule has 0 saturated heterocycles. The van der Waals surface area contributed by atoms with E-state index in [1.807, 2.05) is 12.1 Å². The van der Waals surface area contributed by atoms with Gasteiger partial charge < -0.3 is 10.1 Å². The predicted octanol–water partition coefficient (Wildman–Crippen LogP) is 3.62. The maximum Gasteiger partial charge on any atom is 0.227 e. The smallest absolute Gasteiger partial charge is 0.227 e. The highest BCUT2D eigenvalue weighted by molar-refractivity contribution is 5.98. The lowest BCUT2D eigenvalue weighted by molar-refractivity contribution is -0.117. The molecule has 4 rings (SSSR count). The summed E-state index contributed by atoms with van der Waals surface area (Å²) in [6.45, 7) is 0. The van der Waals surface area contributed by atoms with Gasteiger partial charge in [0.1, 0.15) is 5.52 Å². The van der Waals surface area contributed by atoms with E-state index >= 15 is 0 Å². The van der Waals surface area contributed by atoms with Crippen LogP contribution in [0.1, 0.15) is 24.2 Å². The minimum absolute atomic E-state index is 0.0524. The molecule has 0 spiro atoms. The second-order valence-corrected chi connectivity index (χ2v) is 6.19. The molecule has 1 amide bonds. The number of benzene rings is 1. The number of rotatable bonds is 5. The monoisotopic (exact) mass is 352 g/mol. The summed E-state index contributed by atoms with van der Waals surface area (Å²) in [5.41, 5.74) is 1.99. The van der Waals surface area contributed by atoms with Gasteiger partial charge in [0.25, 0.3) is 0 Å². The molecule has 1 saturated carbocycles. The van der Waals surface area contributed by atoms with Crippen molar-refractivity contribution in [1.29, 1.82) is 0 Å². The topological polar surface area (TPSA) is 79.9 Å². The highest BCUT2D eigenvalue weighted by Gasteiger charge is 2.29. The Kier molecular flexibility index (Phi) is 4.12. The van der Waals surface area contributed by atoms with Crippen LogP contribution in [-0.2, 0) is 4.79 Å². The predicted molar refractivity (Wildman–Crippen MR) is 97.1 cm³/mol. The van der Waals surface area contributed by atoms with Crippen molar-refractivity contribution in [3.8, 4) is 5.88 Å². The lowest BCUT2D eigenvalue weighted by Gasteiger charge is -2.05. The summed E-state index contributed by atoms with van der Waals surface area (Å²) >= 11 is 0. The standard InChI is InChI=1S/C19H17FN4O2/c1-26-17-4-2-3-12(21-17)7-8-16-14-9-13(22-19(25)11-5-6-11)10-15(20)18(14)24-23-16/h2-4,7-11H,5-6H2,1H3,(H,22,25)(H,23,24). The maximum atomic E-state index is 14.3. The van der Waals surface area contributed by atoms with Gasteiger partial charge in [0.15, 0.2) is 5.82 Å². The number of nitrogens with one attached hydrogen (secondary N) is 2. The number of nitrogens with zero attached hydrogens (tertiary/aromatic N) is 2. The lowest BCUT2D eigenvalue weighted by Crippen LogP contribution is -2.13. The Labute approximate surface area is 149 Å². The Hall–Kier alpha value is -3.22. The van der Waals surface area contributed by atoms with Crippen LogP contribution in [0.3, 0.4) is 0 Å². The van der Waals surface area contributed by atoms with Crippen LogP contribution in [0.15, 0.2) is 30.3 Å². The summed E-state index contributed by atoms with van der Waals surface area (Å²) < 4.78 is 19.4. The Morgan fingerprint density at radius 3 is 2.96 bits per heavy atom. The van der Waals surface area contributed by atoms with Crippen molar-refractivity contribution in [3.05, 3.63) is 47.5 Å². The third-order valence-corrected chi connectivity index (χ3v) is 4.23. The number of ether oxygens (including phenoxy) is 1. The van der Waals surface area contributed by atoms with Crippen LogP contribution in [0.5, 0.6) is 5.88 Å². The molecule has 1 aliphatic rings. The molecule has 0 radical (unpaired) electrons. The van der Waals surface area contributed by atoms with Gasteiger partial charge in [-0.25, -0.2) is 9.37 Å². The van der Waals surface area contributed by atoms with Crippen LogP contribution >= 0.6 is 0 Å². The molecule has 1 fully saturated rings. The Morgan fingerprint density at radius 2 is 2.19 bits per heavy atom. The molecule has 0 aliphatic heterocycles. The molecule has 2 aromatic heterocycles. The van der Waals surface area contributed by atoms with Crippen LogP contribution < -0.4 is 10.1 Å². The summed E-state index contributed by atoms with van der Waals surface area (Å²) in [7, 11) is 1.55. The van der Waals surface area contributed by atoms with Gasteiger partial charge >= 0.3 is 0 Å². The van der Waals surface area contributed by atoms with Crippen molar-refractivity contribution in [1.82, 2.24) is 15.2 Å². The van der Waals surface area contributed by atoms with E-state index in [2.05, 4.69) is 20.5 Å². The van der Waals surface area contributed by atoms with Crippen LogP contribution in [0.25, 0.3) is 23.1 Å². The number of H-pyrrole nitrogens is 1. The van der Waals surface area contributed by atoms with E-state index in [-0.39, 0.29) is 17.3 Å². The molecule has 7 heteroatoms. The molecule has 0 atom stereocenters. The third-order valence-electron chi connectivity index (χ3n) is 4.23. The first-order valence-corrected chi connectivity index (χ1v) is 8.31. The van der Waals surface area contributed by atoms with Crippen LogP contribution in [0, 0.1) is 11.7 Å². The van der Waals surface area contributed by atoms with Crippen molar-refractivity contribution in [2.45, 2.75) is 12.8 Å². The number of carbonyl (C=O) groups excluding carboxylic acids is 1. The molecule has 0 unspecified atom stereocenters. The van der Waals surface area contributed by atoms with Crippen molar-refractivity contribution in [3.63, 3.8) is 0 Å². The molecule has 0 bridgehead atoms. The number of pyridine rings is 1. The molecule has 2 heterocycles. The Bertz CT molecular complexity index is 1010. The maximum absolute atomic E-state index is 14.3. The zero-order chi connectivity index (χ0) is 18.1. The van der Waals surface area contributed by atoms with Gasteiger partial charge in [0, 0.05) is 23.1 Å². The van der Waals surface area contributed by atoms with E-state index in [1.54, 1.807) is 31.4 Å². The normalized spacial score (nSPS) is 14.1. The van der Waals surface area contributed by atoms with Crippen LogP contribution in [0.4, 0.5) is 10.1 Å². The van der Waals surface area contributed by atoms with E-state index < -0.39 is 5.82 Å². The third kappa shape index (κ3) is 3.28. The second kappa shape index (κ2) is 6.59. The molecule has 1 aromatic carbocycles. The van der Waals surface area contributed by atoms with Crippen molar-refractivity contribution in [2.24, 2.45) is 5.92 Å². The van der Waals surface area contributed by atoms with Crippen LogP contribution in [-0.4, -0.2) is 28.2 Å². The molecule has 3 aromatic rings. The van der Waals surface area contributed by atoms with Gasteiger partial charge in [0.2, 0.25) is 11.8 Å². The number of halogens is 1. The number of anilines is 1. The zero-order valence-electron chi connectivity index (χ0n) is 14.1. The van der Waals surface area contributed by atoms with E-state index in [9.17, 15) is 9.18 Å². The van der Waals surface area contributed by atoms with E-state index in [0.717, 1.165) is 12.8 Å². The van der Waals surface area contributed by atoms with Crippen molar-refractivity contribution in [2.75, 3.05) is 12.4 Å². The summed E-state index contributed by atoms with van der Waals surface area (Å²) in [6, 6.07) is 8.44. The fraction of sp³-hybridized carbons (Fsp3) is 0.211. The molecular formula is C19H17FN4O2. The lowest BCUT2D eigenvalue weighted by atomic mass is 10.1. The summed E-state index contributed by atoms with van der Waals surface area (Å²) in [5.74, 6) is 0.0169. The molecule has 1 aliphatic carbocycles. The first kappa shape index (κ1) is 16.3. The summed E-state index contributed by atoms with van der Waals surface area (Å²) in [5, 5.41) is 10.2. The average molecular weight is 352 g/mol. The van der Waals surface area contributed by atoms with Gasteiger partial charge in [-0.05, 0) is 43.2 Å². The Morgan fingerprint density at radius 1 is 1.35 bits per heavy atom. The van der Waals surface area contributed by atoms with Crippen LogP contribution in [0.2, 0.25) is 0 Å². The molecule has 6 nitrogen and oxygen atoms in total. The number of hydrogen-bond acceptors (Lipinski definition) is 4. The number of aromatic nitrogens is 3. The SMILES string of the molecule is COc1cccc(C=Cc2[nH]nc3c(F)cc(NC(=O)C4CC4)cc23)n1. The molecule has 2 N–H and O–H groups in total. The largest absolute Gasteiger partial charge is 0.481 e. The van der Waals surface area contributed by atoms with Gasteiger partial charge in [-0.1, -0.05) is 6.07 Å². The highest BCUT2D eigenvalue weighted by Crippen LogP contribution is 2.31. The van der Waals surface area contributed by atoms with Gasteiger partial charge in [-0.3, -0.25) is 9.89 Å². The van der Waals surface area contributed by atoms with Crippen molar-refractivity contribution < 1.29 is 13.9 Å². The fourth-order valence-corrected chi connectivity index (χ4v) is 2.69. The second-order valence-electron chi connectivity index (χ2n) is 6.19. The average Bonchev–Trinajstić information content (AvgIpc) is 3.42. The number of amides is 1. The number of hydrogen-bond donors (Lipinski definition) is 2. The highest BCUT2D eigenvalue weighted by atomic mass is 19.1. The van der Waals surface area contributed by atoms with E-state index in [1.165, 1.54) is 6.07 Å². The molecule has 132 valence electrons. The minimum atomic E-state index is -0.482. The molecular weight excluding hydrogens is 335 g/mol. The van der Waals surface area contributed by atoms with E-state index in [4.69, 9.17) is 4.74 Å². The number of aromatic amines is 1. The first-order valence-electron chi connectivity index (χ1n) is 8.31. The number of fused-ring (bicyclic) bond motifs is 1. The first-order chi connectivity index (χ1) is 12.6. The fourth-order valence-electron chi connectivity index (χ4n) is 2.69. The zero-order valence-corrected chi connectivity index (χ0v) is 14.1. The van der Waals surface area contributed by atoms with Gasteiger partial charge in [-0.15, -0.1) is 0 Å². The minimum Gasteiger partial charge on any atom is -0.481 e. The van der Waals surface area contributed by atoms with Gasteiger partial charge in [-0.2, -0.15) is 5.10 Å². The molecule has 26 heavy (non-hydrogen) atoms. The quantitative estimate of drug-likeness (QED) is 0.735. The van der Waals surface area contributed by atoms with Gasteiger partial charge in [0.05, 0.1) is 18.5 Å². The number of carbonyl (C=O) groups is 1. The van der Waals surface area contributed by atoms with E-state index in [0.29, 0.717) is 28.3 Å².